The summed E-state index contributed by atoms with van der Waals surface area (Å²) >= 11 is 3.80. The fourth-order valence-corrected chi connectivity index (χ4v) is 6.81. The van der Waals surface area contributed by atoms with E-state index in [2.05, 4.69) is 101 Å². The summed E-state index contributed by atoms with van der Waals surface area (Å²) in [7, 11) is -4.94. The van der Waals surface area contributed by atoms with Crippen LogP contribution in [0.25, 0.3) is 15.8 Å². The molecule has 0 bridgehead atoms. The maximum absolute atomic E-state index is 8.49. The smallest absolute Gasteiger partial charge is 0.271 e. The van der Waals surface area contributed by atoms with Crippen molar-refractivity contribution in [2.75, 3.05) is 11.4 Å². The average Bonchev–Trinajstić information content (AvgIpc) is 3.41. The number of hydrogen-bond acceptors (Lipinski definition) is 7. The number of allylic oxidation sites excluding steroid dienone is 2. The van der Waals surface area contributed by atoms with Crippen LogP contribution in [-0.4, -0.2) is 6.54 Å². The van der Waals surface area contributed by atoms with Crippen molar-refractivity contribution in [1.82, 2.24) is 0 Å². The lowest BCUT2D eigenvalue weighted by Gasteiger charge is -2.21. The number of halogens is 1. The Balaban J connectivity index is 0.000000464. The van der Waals surface area contributed by atoms with Crippen molar-refractivity contribution in [2.24, 2.45) is 0 Å². The molecule has 178 valence electrons. The Bertz CT molecular complexity index is 1440. The van der Waals surface area contributed by atoms with Gasteiger partial charge in [0.05, 0.1) is 16.3 Å². The second-order valence-electron chi connectivity index (χ2n) is 7.91. The highest BCUT2D eigenvalue weighted by molar-refractivity contribution is 8.03. The molecule has 0 N–H and O–H groups in total. The molecule has 0 fully saturated rings. The first-order valence-electron chi connectivity index (χ1n) is 10.9. The van der Waals surface area contributed by atoms with E-state index >= 15 is 0 Å². The molecule has 0 unspecified atom stereocenters. The molecule has 2 aliphatic heterocycles. The van der Waals surface area contributed by atoms with E-state index in [9.17, 15) is 0 Å². The van der Waals surface area contributed by atoms with E-state index in [1.165, 1.54) is 47.5 Å². The van der Waals surface area contributed by atoms with Gasteiger partial charge < -0.3 is 4.90 Å². The van der Waals surface area contributed by atoms with Crippen molar-refractivity contribution in [1.29, 1.82) is 0 Å². The molecule has 0 amide bonds. The third kappa shape index (κ3) is 5.00. The van der Waals surface area contributed by atoms with E-state index in [1.807, 2.05) is 23.1 Å². The summed E-state index contributed by atoms with van der Waals surface area (Å²) in [5.74, 6) is 0. The highest BCUT2D eigenvalue weighted by atomic mass is 35.7. The molecular formula is C26H21ClN2O4S2. The monoisotopic (exact) mass is 524 g/mol. The van der Waals surface area contributed by atoms with E-state index in [0.717, 1.165) is 13.1 Å². The molecule has 35 heavy (non-hydrogen) atoms. The second-order valence-corrected chi connectivity index (χ2v) is 10.7. The van der Waals surface area contributed by atoms with Gasteiger partial charge in [0, 0.05) is 23.1 Å². The number of rotatable bonds is 2. The van der Waals surface area contributed by atoms with Crippen LogP contribution in [0.1, 0.15) is 17.5 Å². The lowest BCUT2D eigenvalue weighted by Crippen LogP contribution is -2.68. The minimum atomic E-state index is -4.94. The lowest BCUT2D eigenvalue weighted by atomic mass is 10.0. The van der Waals surface area contributed by atoms with Gasteiger partial charge in [0.25, 0.3) is 5.01 Å². The number of thioether (sulfide) groups is 1. The van der Waals surface area contributed by atoms with E-state index in [1.54, 1.807) is 0 Å². The van der Waals surface area contributed by atoms with Gasteiger partial charge in [0.1, 0.15) is 4.70 Å². The zero-order chi connectivity index (χ0) is 24.6. The number of hydrogen-bond donors (Lipinski definition) is 0. The Kier molecular flexibility index (Phi) is 6.69. The van der Waals surface area contributed by atoms with Crippen LogP contribution in [0.15, 0.2) is 100 Å². The molecule has 0 radical (unpaired) electrons. The van der Waals surface area contributed by atoms with Crippen LogP contribution in [-0.2, 0) is 6.54 Å². The first-order valence-corrected chi connectivity index (χ1v) is 13.8. The molecule has 0 saturated carbocycles. The Morgan fingerprint density at radius 1 is 0.886 bits per heavy atom. The Hall–Kier alpha value is -2.69. The maximum Gasteiger partial charge on any atom is 0.271 e. The van der Waals surface area contributed by atoms with Crippen molar-refractivity contribution in [3.63, 3.8) is 0 Å². The van der Waals surface area contributed by atoms with Crippen LogP contribution in [0.4, 0.5) is 5.69 Å². The van der Waals surface area contributed by atoms with Gasteiger partial charge in [-0.2, -0.15) is 4.57 Å². The van der Waals surface area contributed by atoms with E-state index < -0.39 is 10.2 Å². The van der Waals surface area contributed by atoms with Gasteiger partial charge in [-0.1, -0.05) is 77.7 Å². The summed E-state index contributed by atoms with van der Waals surface area (Å²) < 4.78 is 37.8. The molecule has 0 spiro atoms. The van der Waals surface area contributed by atoms with Crippen LogP contribution in [0.3, 0.4) is 0 Å². The predicted octanol–water partition coefficient (Wildman–Crippen LogP) is 1.72. The zero-order valence-electron chi connectivity index (χ0n) is 18.7. The fourth-order valence-electron chi connectivity index (χ4n) is 4.39. The van der Waals surface area contributed by atoms with Gasteiger partial charge in [-0.3, -0.25) is 0 Å². The summed E-state index contributed by atoms with van der Waals surface area (Å²) in [5, 5.41) is 2.70. The zero-order valence-corrected chi connectivity index (χ0v) is 21.1. The van der Waals surface area contributed by atoms with Crippen LogP contribution in [0.5, 0.6) is 0 Å². The molecule has 3 heterocycles. The summed E-state index contributed by atoms with van der Waals surface area (Å²) in [4.78, 5) is 3.82. The van der Waals surface area contributed by atoms with Crippen LogP contribution in [0, 0.1) is 10.2 Å². The van der Waals surface area contributed by atoms with Gasteiger partial charge in [-0.25, -0.2) is 18.6 Å². The fraction of sp³-hybridized carbons (Fsp3) is 0.115. The number of benzene rings is 3. The molecule has 6 nitrogen and oxygen atoms in total. The average molecular weight is 525 g/mol. The molecule has 1 aromatic heterocycles. The second kappa shape index (κ2) is 9.75. The number of aromatic nitrogens is 1. The first-order chi connectivity index (χ1) is 16.8. The molecule has 9 heteroatoms. The molecule has 4 aromatic rings. The largest absolute Gasteiger partial charge is 0.335 e. The predicted molar refractivity (Wildman–Crippen MR) is 128 cm³/mol. The third-order valence-electron chi connectivity index (χ3n) is 5.77. The number of para-hydroxylation sites is 2. The van der Waals surface area contributed by atoms with Gasteiger partial charge in [-0.05, 0) is 36.8 Å². The SMILES string of the molecule is CCN1/C(=C2/C=C(c3ccccc3)c3sc4ccccc4[n+]3C2)Sc2ccccc21.[O-][Cl+3]([O-])([O-])[O-]. The van der Waals surface area contributed by atoms with Gasteiger partial charge in [0.15, 0.2) is 6.54 Å². The van der Waals surface area contributed by atoms with Crippen LogP contribution >= 0.6 is 23.1 Å². The highest BCUT2D eigenvalue weighted by Gasteiger charge is 2.34. The van der Waals surface area contributed by atoms with Crippen molar-refractivity contribution >= 4 is 44.6 Å². The molecule has 0 saturated heterocycles. The molecule has 0 atom stereocenters. The summed E-state index contributed by atoms with van der Waals surface area (Å²) in [6.45, 7) is 4.12. The standard InChI is InChI=1S/C26H21N2S2.ClHO4/c1-2-27-21-12-6-8-14-23(21)29-25(27)19-16-20(18-10-4-3-5-11-18)26-28(17-19)22-13-7-9-15-24(22)30-26;2-1(3,4)5/h3-16H,2,17H2,1H3;(H,2,3,4,5)/q+1;/p-1. The summed E-state index contributed by atoms with van der Waals surface area (Å²) in [6.07, 6.45) is 2.43. The van der Waals surface area contributed by atoms with E-state index in [-0.39, 0.29) is 0 Å². The Morgan fingerprint density at radius 2 is 1.54 bits per heavy atom. The number of thiazole rings is 1. The quantitative estimate of drug-likeness (QED) is 0.370. The van der Waals surface area contributed by atoms with Gasteiger partial charge in [-0.15, -0.1) is 10.2 Å². The van der Waals surface area contributed by atoms with Crippen LogP contribution < -0.4 is 28.1 Å². The number of anilines is 1. The molecular weight excluding hydrogens is 504 g/mol. The Morgan fingerprint density at radius 3 is 2.29 bits per heavy atom. The molecule has 3 aromatic carbocycles. The van der Waals surface area contributed by atoms with E-state index in [4.69, 9.17) is 18.6 Å². The highest BCUT2D eigenvalue weighted by Crippen LogP contribution is 2.48. The maximum atomic E-state index is 8.49. The van der Waals surface area contributed by atoms with Crippen molar-refractivity contribution in [3.05, 3.63) is 106 Å². The molecule has 6 rings (SSSR count). The third-order valence-corrected chi connectivity index (χ3v) is 8.21. The Labute approximate surface area is 213 Å². The summed E-state index contributed by atoms with van der Waals surface area (Å²) in [6, 6.07) is 28.3. The van der Waals surface area contributed by atoms with Crippen molar-refractivity contribution in [3.8, 4) is 0 Å². The van der Waals surface area contributed by atoms with E-state index in [0.29, 0.717) is 0 Å². The summed E-state index contributed by atoms with van der Waals surface area (Å²) in [5.41, 5.74) is 6.63. The lowest BCUT2D eigenvalue weighted by molar-refractivity contribution is -2.00. The molecule has 0 aliphatic carbocycles. The number of fused-ring (bicyclic) bond motifs is 4. The van der Waals surface area contributed by atoms with Gasteiger partial charge in [0.2, 0.25) is 5.52 Å². The first kappa shape index (κ1) is 24.0. The van der Waals surface area contributed by atoms with Crippen LogP contribution in [0.2, 0.25) is 0 Å². The topological polar surface area (TPSA) is 99.4 Å². The minimum absolute atomic E-state index is 0.905. The normalized spacial score (nSPS) is 16.9. The van der Waals surface area contributed by atoms with Gasteiger partial charge >= 0.3 is 0 Å². The number of nitrogens with zero attached hydrogens (tertiary/aromatic N) is 2. The van der Waals surface area contributed by atoms with Crippen molar-refractivity contribution in [2.45, 2.75) is 18.4 Å². The minimum Gasteiger partial charge on any atom is -0.335 e. The van der Waals surface area contributed by atoms with Crippen molar-refractivity contribution < 1.29 is 33.4 Å². The molecule has 2 aliphatic rings.